The van der Waals surface area contributed by atoms with Gasteiger partial charge in [0.05, 0.1) is 25.0 Å². The molecule has 1 amide bonds. The largest absolute Gasteiger partial charge is 0.354 e. The predicted molar refractivity (Wildman–Crippen MR) is 117 cm³/mol. The Morgan fingerprint density at radius 2 is 1.87 bits per heavy atom. The van der Waals surface area contributed by atoms with E-state index in [0.717, 1.165) is 10.5 Å². The van der Waals surface area contributed by atoms with Crippen molar-refractivity contribution in [2.75, 3.05) is 12.3 Å². The molecule has 4 aromatic rings. The molecule has 0 aliphatic heterocycles. The average molecular weight is 438 g/mol. The second kappa shape index (κ2) is 9.57. The lowest BCUT2D eigenvalue weighted by molar-refractivity contribution is -0.118. The lowest BCUT2D eigenvalue weighted by Gasteiger charge is -2.07. The molecule has 2 aromatic heterocycles. The van der Waals surface area contributed by atoms with Gasteiger partial charge in [0.1, 0.15) is 17.5 Å². The van der Waals surface area contributed by atoms with Gasteiger partial charge in [-0.05, 0) is 29.8 Å². The summed E-state index contributed by atoms with van der Waals surface area (Å²) in [7, 11) is 0. The number of carbonyl (C=O) groups is 1. The van der Waals surface area contributed by atoms with Gasteiger partial charge in [0.25, 0.3) is 5.56 Å². The molecule has 2 aromatic carbocycles. The Morgan fingerprint density at radius 3 is 2.65 bits per heavy atom. The predicted octanol–water partition coefficient (Wildman–Crippen LogP) is 2.69. The minimum absolute atomic E-state index is 0.135. The Labute approximate surface area is 181 Å². The Hall–Kier alpha value is -3.46. The van der Waals surface area contributed by atoms with Crippen LogP contribution in [0.5, 0.6) is 0 Å². The molecular weight excluding hydrogens is 417 g/mol. The molecule has 0 saturated carbocycles. The van der Waals surface area contributed by atoms with Crippen molar-refractivity contribution in [3.63, 3.8) is 0 Å². The molecule has 1 N–H and O–H groups in total. The van der Waals surface area contributed by atoms with Gasteiger partial charge < -0.3 is 5.32 Å². The number of nitrogens with one attached hydrogen (secondary N) is 1. The number of rotatable bonds is 8. The number of halogens is 1. The van der Waals surface area contributed by atoms with E-state index in [9.17, 15) is 14.0 Å². The fourth-order valence-corrected chi connectivity index (χ4v) is 3.81. The van der Waals surface area contributed by atoms with Crippen LogP contribution in [-0.2, 0) is 17.9 Å². The summed E-state index contributed by atoms with van der Waals surface area (Å²) >= 11 is 1.33. The SMILES string of the molecule is O=C(CSc1ccc(F)cc1)NCCn1ncc2c(=O)n(Cc3ccccc3)cnc21. The van der Waals surface area contributed by atoms with Crippen LogP contribution in [0.4, 0.5) is 4.39 Å². The van der Waals surface area contributed by atoms with E-state index in [1.807, 2.05) is 30.3 Å². The van der Waals surface area contributed by atoms with Gasteiger partial charge >= 0.3 is 0 Å². The molecule has 0 aliphatic carbocycles. The number of benzene rings is 2. The molecular formula is C22H20FN5O2S. The highest BCUT2D eigenvalue weighted by atomic mass is 32.2. The quantitative estimate of drug-likeness (QED) is 0.429. The van der Waals surface area contributed by atoms with E-state index in [1.54, 1.807) is 21.4 Å². The zero-order valence-corrected chi connectivity index (χ0v) is 17.4. The van der Waals surface area contributed by atoms with Gasteiger partial charge in [-0.3, -0.25) is 14.2 Å². The fourth-order valence-electron chi connectivity index (χ4n) is 3.09. The van der Waals surface area contributed by atoms with E-state index >= 15 is 0 Å². The van der Waals surface area contributed by atoms with Gasteiger partial charge in [-0.1, -0.05) is 30.3 Å². The van der Waals surface area contributed by atoms with E-state index in [0.29, 0.717) is 30.7 Å². The highest BCUT2D eigenvalue weighted by Crippen LogP contribution is 2.17. The molecule has 0 radical (unpaired) electrons. The standard InChI is InChI=1S/C22H20FN5O2S/c23-17-6-8-18(9-7-17)31-14-20(29)24-10-11-28-21-19(12-26-28)22(30)27(15-25-21)13-16-4-2-1-3-5-16/h1-9,12,15H,10-11,13-14H2,(H,24,29). The summed E-state index contributed by atoms with van der Waals surface area (Å²) in [6.07, 6.45) is 3.03. The highest BCUT2D eigenvalue weighted by Gasteiger charge is 2.11. The maximum absolute atomic E-state index is 12.9. The first-order valence-corrected chi connectivity index (χ1v) is 10.7. The molecule has 0 spiro atoms. The molecule has 0 saturated heterocycles. The van der Waals surface area contributed by atoms with Gasteiger partial charge in [-0.25, -0.2) is 14.1 Å². The Morgan fingerprint density at radius 1 is 1.10 bits per heavy atom. The lowest BCUT2D eigenvalue weighted by Crippen LogP contribution is -2.29. The lowest BCUT2D eigenvalue weighted by atomic mass is 10.2. The zero-order valence-electron chi connectivity index (χ0n) is 16.6. The van der Waals surface area contributed by atoms with Crippen LogP contribution in [0.1, 0.15) is 5.56 Å². The number of nitrogens with zero attached hydrogens (tertiary/aromatic N) is 4. The molecule has 0 fully saturated rings. The topological polar surface area (TPSA) is 81.8 Å². The maximum atomic E-state index is 12.9. The van der Waals surface area contributed by atoms with Crippen LogP contribution in [0.15, 0.2) is 76.8 Å². The molecule has 0 bridgehead atoms. The van der Waals surface area contributed by atoms with Crippen LogP contribution in [-0.4, -0.2) is 37.5 Å². The highest BCUT2D eigenvalue weighted by molar-refractivity contribution is 8.00. The number of hydrogen-bond acceptors (Lipinski definition) is 5. The van der Waals surface area contributed by atoms with Crippen LogP contribution >= 0.6 is 11.8 Å². The Balaban J connectivity index is 1.33. The average Bonchev–Trinajstić information content (AvgIpc) is 3.20. The van der Waals surface area contributed by atoms with Crippen LogP contribution < -0.4 is 10.9 Å². The zero-order chi connectivity index (χ0) is 21.6. The van der Waals surface area contributed by atoms with Gasteiger partial charge in [-0.2, -0.15) is 5.10 Å². The number of carbonyl (C=O) groups excluding carboxylic acids is 1. The Bertz CT molecular complexity index is 1240. The van der Waals surface area contributed by atoms with E-state index in [4.69, 9.17) is 0 Å². The number of fused-ring (bicyclic) bond motifs is 1. The second-order valence-corrected chi connectivity index (χ2v) is 7.91. The van der Waals surface area contributed by atoms with E-state index in [2.05, 4.69) is 15.4 Å². The molecule has 2 heterocycles. The van der Waals surface area contributed by atoms with E-state index in [1.165, 1.54) is 36.4 Å². The molecule has 7 nitrogen and oxygen atoms in total. The van der Waals surface area contributed by atoms with Gasteiger partial charge in [0.15, 0.2) is 5.65 Å². The van der Waals surface area contributed by atoms with Crippen molar-refractivity contribution in [2.45, 2.75) is 18.0 Å². The van der Waals surface area contributed by atoms with Crippen molar-refractivity contribution in [3.05, 3.63) is 88.9 Å². The summed E-state index contributed by atoms with van der Waals surface area (Å²) in [5.41, 5.74) is 1.35. The van der Waals surface area contributed by atoms with Crippen LogP contribution in [0.2, 0.25) is 0 Å². The monoisotopic (exact) mass is 437 g/mol. The smallest absolute Gasteiger partial charge is 0.264 e. The summed E-state index contributed by atoms with van der Waals surface area (Å²) in [6.45, 7) is 1.19. The number of aromatic nitrogens is 4. The van der Waals surface area contributed by atoms with Crippen LogP contribution in [0, 0.1) is 5.82 Å². The van der Waals surface area contributed by atoms with Gasteiger partial charge in [-0.15, -0.1) is 11.8 Å². The van der Waals surface area contributed by atoms with Crippen molar-refractivity contribution in [2.24, 2.45) is 0 Å². The summed E-state index contributed by atoms with van der Waals surface area (Å²) in [5, 5.41) is 7.51. The van der Waals surface area contributed by atoms with Crippen molar-refractivity contribution >= 4 is 28.7 Å². The summed E-state index contributed by atoms with van der Waals surface area (Å²) in [4.78, 5) is 30.0. The van der Waals surface area contributed by atoms with Crippen LogP contribution in [0.25, 0.3) is 11.0 Å². The minimum Gasteiger partial charge on any atom is -0.354 e. The van der Waals surface area contributed by atoms with E-state index < -0.39 is 0 Å². The number of thioether (sulfide) groups is 1. The summed E-state index contributed by atoms with van der Waals surface area (Å²) in [5.74, 6) is -0.210. The second-order valence-electron chi connectivity index (χ2n) is 6.86. The maximum Gasteiger partial charge on any atom is 0.264 e. The third-order valence-corrected chi connectivity index (χ3v) is 5.66. The number of hydrogen-bond donors (Lipinski definition) is 1. The Kier molecular flexibility index (Phi) is 6.42. The van der Waals surface area contributed by atoms with Crippen molar-refractivity contribution in [1.29, 1.82) is 0 Å². The first kappa shape index (κ1) is 20.8. The first-order chi connectivity index (χ1) is 15.1. The molecule has 4 rings (SSSR count). The normalized spacial score (nSPS) is 11.0. The van der Waals surface area contributed by atoms with Crippen molar-refractivity contribution in [1.82, 2.24) is 24.6 Å². The van der Waals surface area contributed by atoms with Gasteiger partial charge in [0, 0.05) is 11.4 Å². The molecule has 0 aliphatic rings. The van der Waals surface area contributed by atoms with Crippen molar-refractivity contribution < 1.29 is 9.18 Å². The number of amides is 1. The molecule has 9 heteroatoms. The molecule has 0 atom stereocenters. The van der Waals surface area contributed by atoms with Gasteiger partial charge in [0.2, 0.25) is 5.91 Å². The fraction of sp³-hybridized carbons (Fsp3) is 0.182. The third kappa shape index (κ3) is 5.18. The minimum atomic E-state index is -0.305. The molecule has 0 unspecified atom stereocenters. The molecule has 158 valence electrons. The van der Waals surface area contributed by atoms with E-state index in [-0.39, 0.29) is 23.0 Å². The summed E-state index contributed by atoms with van der Waals surface area (Å²) in [6, 6.07) is 15.7. The summed E-state index contributed by atoms with van der Waals surface area (Å²) < 4.78 is 16.1. The first-order valence-electron chi connectivity index (χ1n) is 9.70. The third-order valence-electron chi connectivity index (χ3n) is 4.65. The molecule has 31 heavy (non-hydrogen) atoms. The van der Waals surface area contributed by atoms with Crippen molar-refractivity contribution in [3.8, 4) is 0 Å². The van der Waals surface area contributed by atoms with Crippen LogP contribution in [0.3, 0.4) is 0 Å².